The Balaban J connectivity index is 2.54. The Kier molecular flexibility index (Phi) is 2.49. The maximum Gasteiger partial charge on any atom is 0.322 e. The summed E-state index contributed by atoms with van der Waals surface area (Å²) in [6, 6.07) is -1.22. The quantitative estimate of drug-likeness (QED) is 0.387. The Morgan fingerprint density at radius 1 is 1.83 bits per heavy atom. The minimum Gasteiger partial charge on any atom is -0.480 e. The topological polar surface area (TPSA) is 114 Å². The molecule has 0 aromatic carbocycles. The summed E-state index contributed by atoms with van der Waals surface area (Å²) in [6.07, 6.45) is 0.605. The van der Waals surface area contributed by atoms with Crippen LogP contribution in [0.4, 0.5) is 0 Å². The van der Waals surface area contributed by atoms with Gasteiger partial charge in [-0.1, -0.05) is 0 Å². The lowest BCUT2D eigenvalue weighted by Crippen LogP contribution is -2.55. The molecular formula is C6H12N4O2. The van der Waals surface area contributed by atoms with Gasteiger partial charge in [-0.2, -0.15) is 0 Å². The molecule has 1 heterocycles. The predicted molar refractivity (Wildman–Crippen MR) is 43.6 cm³/mol. The molecule has 1 aliphatic heterocycles. The molecule has 2 unspecified atom stereocenters. The van der Waals surface area contributed by atoms with Gasteiger partial charge in [0.25, 0.3) is 0 Å². The third-order valence-electron chi connectivity index (χ3n) is 1.77. The van der Waals surface area contributed by atoms with Crippen LogP contribution in [-0.4, -0.2) is 35.7 Å². The third-order valence-corrected chi connectivity index (χ3v) is 1.77. The fourth-order valence-corrected chi connectivity index (χ4v) is 1.07. The Hall–Kier alpha value is -1.30. The van der Waals surface area contributed by atoms with E-state index in [1.807, 2.05) is 0 Å². The first kappa shape index (κ1) is 8.79. The molecule has 0 radical (unpaired) electrons. The van der Waals surface area contributed by atoms with Gasteiger partial charge in [0, 0.05) is 6.54 Å². The van der Waals surface area contributed by atoms with Crippen molar-refractivity contribution >= 4 is 11.9 Å². The van der Waals surface area contributed by atoms with Gasteiger partial charge in [-0.05, 0) is 6.42 Å². The molecule has 0 saturated carbocycles. The van der Waals surface area contributed by atoms with Crippen LogP contribution in [-0.2, 0) is 4.79 Å². The van der Waals surface area contributed by atoms with E-state index in [0.717, 1.165) is 0 Å². The van der Waals surface area contributed by atoms with E-state index in [9.17, 15) is 4.79 Å². The SMILES string of the molecule is NC1=NCCC(C(N)C(=O)O)N1. The second-order valence-corrected chi connectivity index (χ2v) is 2.67. The van der Waals surface area contributed by atoms with Gasteiger partial charge in [0.05, 0.1) is 6.04 Å². The monoisotopic (exact) mass is 172 g/mol. The molecule has 1 aliphatic rings. The van der Waals surface area contributed by atoms with Crippen molar-refractivity contribution in [2.24, 2.45) is 16.5 Å². The number of guanidine groups is 1. The molecule has 1 rings (SSSR count). The van der Waals surface area contributed by atoms with Crippen LogP contribution in [0.2, 0.25) is 0 Å². The molecule has 0 bridgehead atoms. The van der Waals surface area contributed by atoms with E-state index in [-0.39, 0.29) is 12.0 Å². The molecule has 2 atom stereocenters. The van der Waals surface area contributed by atoms with E-state index >= 15 is 0 Å². The zero-order valence-corrected chi connectivity index (χ0v) is 6.53. The smallest absolute Gasteiger partial charge is 0.322 e. The van der Waals surface area contributed by atoms with E-state index in [4.69, 9.17) is 16.6 Å². The molecule has 6 nitrogen and oxygen atoms in total. The molecule has 0 fully saturated rings. The van der Waals surface area contributed by atoms with Crippen molar-refractivity contribution in [3.63, 3.8) is 0 Å². The maximum atomic E-state index is 10.5. The van der Waals surface area contributed by atoms with Crippen LogP contribution in [0.1, 0.15) is 6.42 Å². The lowest BCUT2D eigenvalue weighted by atomic mass is 10.1. The van der Waals surface area contributed by atoms with E-state index in [1.165, 1.54) is 0 Å². The van der Waals surface area contributed by atoms with E-state index in [0.29, 0.717) is 13.0 Å². The van der Waals surface area contributed by atoms with Gasteiger partial charge in [0.1, 0.15) is 6.04 Å². The van der Waals surface area contributed by atoms with Gasteiger partial charge in [0.15, 0.2) is 5.96 Å². The van der Waals surface area contributed by atoms with Crippen LogP contribution in [0, 0.1) is 0 Å². The average Bonchev–Trinajstić information content (AvgIpc) is 2.03. The van der Waals surface area contributed by atoms with Crippen molar-refractivity contribution in [1.29, 1.82) is 0 Å². The first-order valence-electron chi connectivity index (χ1n) is 3.66. The lowest BCUT2D eigenvalue weighted by Gasteiger charge is -2.25. The molecule has 6 N–H and O–H groups in total. The summed E-state index contributed by atoms with van der Waals surface area (Å²) in [5.74, 6) is -0.759. The molecule has 0 aliphatic carbocycles. The van der Waals surface area contributed by atoms with Crippen LogP contribution in [0.3, 0.4) is 0 Å². The molecule has 0 saturated heterocycles. The summed E-state index contributed by atoms with van der Waals surface area (Å²) in [4.78, 5) is 14.3. The van der Waals surface area contributed by atoms with Crippen molar-refractivity contribution in [2.75, 3.05) is 6.54 Å². The third kappa shape index (κ3) is 1.85. The Bertz CT molecular complexity index is 216. The summed E-state index contributed by atoms with van der Waals surface area (Å²) < 4.78 is 0. The van der Waals surface area contributed by atoms with Crippen molar-refractivity contribution < 1.29 is 9.90 Å². The van der Waals surface area contributed by atoms with Gasteiger partial charge in [0.2, 0.25) is 0 Å². The summed E-state index contributed by atoms with van der Waals surface area (Å²) in [5.41, 5.74) is 10.7. The van der Waals surface area contributed by atoms with Crippen LogP contribution < -0.4 is 16.8 Å². The molecular weight excluding hydrogens is 160 g/mol. The summed E-state index contributed by atoms with van der Waals surface area (Å²) in [7, 11) is 0. The number of hydrogen-bond donors (Lipinski definition) is 4. The highest BCUT2D eigenvalue weighted by molar-refractivity contribution is 5.81. The van der Waals surface area contributed by atoms with Crippen LogP contribution in [0.5, 0.6) is 0 Å². The normalized spacial score (nSPS) is 25.4. The largest absolute Gasteiger partial charge is 0.480 e. The lowest BCUT2D eigenvalue weighted by molar-refractivity contribution is -0.139. The number of aliphatic carboxylic acids is 1. The van der Waals surface area contributed by atoms with Crippen LogP contribution >= 0.6 is 0 Å². The Morgan fingerprint density at radius 3 is 3.00 bits per heavy atom. The molecule has 0 aromatic heterocycles. The van der Waals surface area contributed by atoms with Crippen LogP contribution in [0.15, 0.2) is 4.99 Å². The van der Waals surface area contributed by atoms with E-state index in [1.54, 1.807) is 0 Å². The molecule has 12 heavy (non-hydrogen) atoms. The van der Waals surface area contributed by atoms with Gasteiger partial charge < -0.3 is 21.9 Å². The van der Waals surface area contributed by atoms with Gasteiger partial charge in [-0.25, -0.2) is 0 Å². The zero-order chi connectivity index (χ0) is 9.14. The number of rotatable bonds is 2. The molecule has 6 heteroatoms. The molecule has 0 aromatic rings. The van der Waals surface area contributed by atoms with Crippen molar-refractivity contribution in [3.8, 4) is 0 Å². The fraction of sp³-hybridized carbons (Fsp3) is 0.667. The second-order valence-electron chi connectivity index (χ2n) is 2.67. The number of hydrogen-bond acceptors (Lipinski definition) is 5. The second kappa shape index (κ2) is 3.40. The minimum atomic E-state index is -1.03. The number of nitrogens with two attached hydrogens (primary N) is 2. The van der Waals surface area contributed by atoms with Crippen molar-refractivity contribution in [2.45, 2.75) is 18.5 Å². The van der Waals surface area contributed by atoms with Crippen molar-refractivity contribution in [3.05, 3.63) is 0 Å². The van der Waals surface area contributed by atoms with E-state index < -0.39 is 12.0 Å². The maximum absolute atomic E-state index is 10.5. The number of carbonyl (C=O) groups is 1. The summed E-state index contributed by atoms with van der Waals surface area (Å²) in [6.45, 7) is 0.532. The number of nitrogens with zero attached hydrogens (tertiary/aromatic N) is 1. The zero-order valence-electron chi connectivity index (χ0n) is 6.53. The van der Waals surface area contributed by atoms with Crippen LogP contribution in [0.25, 0.3) is 0 Å². The highest BCUT2D eigenvalue weighted by Gasteiger charge is 2.25. The Morgan fingerprint density at radius 2 is 2.50 bits per heavy atom. The van der Waals surface area contributed by atoms with Gasteiger partial charge in [-0.15, -0.1) is 0 Å². The standard InChI is InChI=1S/C6H12N4O2/c7-4(5(11)12)3-1-2-9-6(8)10-3/h3-4H,1-2,7H2,(H,11,12)(H3,8,9,10). The van der Waals surface area contributed by atoms with Gasteiger partial charge in [-0.3, -0.25) is 9.79 Å². The fourth-order valence-electron chi connectivity index (χ4n) is 1.07. The predicted octanol–water partition coefficient (Wildman–Crippen LogP) is -1.93. The van der Waals surface area contributed by atoms with E-state index in [2.05, 4.69) is 10.3 Å². The number of carboxylic acid groups (broad SMARTS) is 1. The molecule has 68 valence electrons. The highest BCUT2D eigenvalue weighted by Crippen LogP contribution is 2.01. The molecule has 0 spiro atoms. The number of carboxylic acids is 1. The first-order chi connectivity index (χ1) is 5.61. The summed E-state index contributed by atoms with van der Waals surface area (Å²) in [5, 5.41) is 11.3. The molecule has 0 amide bonds. The first-order valence-corrected chi connectivity index (χ1v) is 3.66. The van der Waals surface area contributed by atoms with Gasteiger partial charge >= 0.3 is 5.97 Å². The van der Waals surface area contributed by atoms with Crippen molar-refractivity contribution in [1.82, 2.24) is 5.32 Å². The highest BCUT2D eigenvalue weighted by atomic mass is 16.4. The number of aliphatic imine (C=N–C) groups is 1. The minimum absolute atomic E-state index is 0.267. The Labute approximate surface area is 69.6 Å². The average molecular weight is 172 g/mol. The number of nitrogens with one attached hydrogen (secondary N) is 1. The summed E-state index contributed by atoms with van der Waals surface area (Å²) >= 11 is 0.